The van der Waals surface area contributed by atoms with Crippen molar-refractivity contribution in [1.29, 1.82) is 0 Å². The molecule has 0 saturated carbocycles. The molecule has 1 atom stereocenters. The molecular weight excluding hydrogens is 257 g/mol. The minimum Gasteiger partial charge on any atom is -0.451 e. The lowest BCUT2D eigenvalue weighted by Crippen LogP contribution is -2.29. The highest BCUT2D eigenvalue weighted by atomic mass is 19.4. The van der Waals surface area contributed by atoms with Crippen LogP contribution in [0.3, 0.4) is 0 Å². The number of rotatable bonds is 10. The Morgan fingerprint density at radius 2 is 1.68 bits per heavy atom. The fraction of sp³-hybridized carbons (Fsp3) is 0.786. The first-order valence-electron chi connectivity index (χ1n) is 6.82. The van der Waals surface area contributed by atoms with Gasteiger partial charge in [-0.2, -0.15) is 13.2 Å². The van der Waals surface area contributed by atoms with Crippen LogP contribution in [0, 0.1) is 0 Å². The van der Waals surface area contributed by atoms with E-state index in [4.69, 9.17) is 0 Å². The summed E-state index contributed by atoms with van der Waals surface area (Å²) in [5.41, 5.74) is 0. The minimum absolute atomic E-state index is 0.402. The van der Waals surface area contributed by atoms with E-state index >= 15 is 0 Å². The summed E-state index contributed by atoms with van der Waals surface area (Å²) in [6, 6.07) is 0. The molecule has 1 unspecified atom stereocenters. The van der Waals surface area contributed by atoms with E-state index in [1.165, 1.54) is 25.3 Å². The third-order valence-corrected chi connectivity index (χ3v) is 2.84. The van der Waals surface area contributed by atoms with Gasteiger partial charge in [0, 0.05) is 0 Å². The van der Waals surface area contributed by atoms with Crippen LogP contribution in [0.5, 0.6) is 0 Å². The summed E-state index contributed by atoms with van der Waals surface area (Å²) < 4.78 is 40.3. The number of carbonyl (C=O) groups is 1. The molecule has 112 valence electrons. The highest BCUT2D eigenvalue weighted by Crippen LogP contribution is 2.19. The van der Waals surface area contributed by atoms with Crippen LogP contribution in [0.2, 0.25) is 0 Å². The maximum atomic E-state index is 12.0. The molecule has 0 saturated heterocycles. The Morgan fingerprint density at radius 1 is 1.16 bits per heavy atom. The van der Waals surface area contributed by atoms with E-state index in [2.05, 4.69) is 18.2 Å². The maximum Gasteiger partial charge on any atom is 0.490 e. The van der Waals surface area contributed by atoms with Crippen LogP contribution in [0.15, 0.2) is 12.7 Å². The molecule has 0 aromatic heterocycles. The van der Waals surface area contributed by atoms with E-state index in [9.17, 15) is 18.0 Å². The summed E-state index contributed by atoms with van der Waals surface area (Å²) in [5, 5.41) is 0. The van der Waals surface area contributed by atoms with Gasteiger partial charge in [-0.05, 0) is 12.8 Å². The van der Waals surface area contributed by atoms with E-state index in [0.717, 1.165) is 25.7 Å². The monoisotopic (exact) mass is 280 g/mol. The standard InChI is InChI=1S/C14H23F3O2/c1-3-5-6-7-8-9-10-11-12(4-2)19-13(18)14(15,16)17/h4,12H,2-3,5-11H2,1H3. The molecule has 19 heavy (non-hydrogen) atoms. The van der Waals surface area contributed by atoms with Crippen LogP contribution in [0.25, 0.3) is 0 Å². The molecule has 0 aliphatic rings. The number of carbonyl (C=O) groups excluding carboxylic acids is 1. The van der Waals surface area contributed by atoms with E-state index in [-0.39, 0.29) is 0 Å². The number of hydrogen-bond donors (Lipinski definition) is 0. The Labute approximate surface area is 113 Å². The van der Waals surface area contributed by atoms with E-state index < -0.39 is 18.2 Å². The van der Waals surface area contributed by atoms with Gasteiger partial charge in [0.05, 0.1) is 0 Å². The van der Waals surface area contributed by atoms with Crippen LogP contribution in [0.1, 0.15) is 58.3 Å². The molecule has 0 amide bonds. The Hall–Kier alpha value is -1.00. The number of alkyl halides is 3. The van der Waals surface area contributed by atoms with Crippen molar-refractivity contribution < 1.29 is 22.7 Å². The molecule has 0 aliphatic carbocycles. The van der Waals surface area contributed by atoms with Crippen LogP contribution in [-0.2, 0) is 9.53 Å². The topological polar surface area (TPSA) is 26.3 Å². The second kappa shape index (κ2) is 9.87. The van der Waals surface area contributed by atoms with Crippen molar-refractivity contribution in [1.82, 2.24) is 0 Å². The molecule has 0 N–H and O–H groups in total. The first kappa shape index (κ1) is 18.0. The summed E-state index contributed by atoms with van der Waals surface area (Å²) in [4.78, 5) is 10.6. The third kappa shape index (κ3) is 9.56. The Balaban J connectivity index is 3.71. The Bertz CT molecular complexity index is 262. The lowest BCUT2D eigenvalue weighted by molar-refractivity contribution is -0.203. The summed E-state index contributed by atoms with van der Waals surface area (Å²) in [6.07, 6.45) is 3.39. The lowest BCUT2D eigenvalue weighted by atomic mass is 10.1. The SMILES string of the molecule is C=CC(CCCCCCCCC)OC(=O)C(F)(F)F. The smallest absolute Gasteiger partial charge is 0.451 e. The normalized spacial score (nSPS) is 13.1. The minimum atomic E-state index is -4.93. The first-order valence-corrected chi connectivity index (χ1v) is 6.82. The van der Waals surface area contributed by atoms with E-state index in [0.29, 0.717) is 6.42 Å². The predicted molar refractivity (Wildman–Crippen MR) is 68.7 cm³/mol. The van der Waals surface area contributed by atoms with Gasteiger partial charge in [0.25, 0.3) is 0 Å². The summed E-state index contributed by atoms with van der Waals surface area (Å²) in [7, 11) is 0. The first-order chi connectivity index (χ1) is 8.91. The molecule has 2 nitrogen and oxygen atoms in total. The molecule has 0 aliphatic heterocycles. The number of halogens is 3. The molecule has 0 aromatic rings. The molecule has 0 heterocycles. The molecule has 0 bridgehead atoms. The molecule has 0 spiro atoms. The lowest BCUT2D eigenvalue weighted by Gasteiger charge is -2.15. The number of hydrogen-bond acceptors (Lipinski definition) is 2. The third-order valence-electron chi connectivity index (χ3n) is 2.84. The van der Waals surface area contributed by atoms with Crippen LogP contribution in [-0.4, -0.2) is 18.2 Å². The van der Waals surface area contributed by atoms with Crippen molar-refractivity contribution in [3.8, 4) is 0 Å². The van der Waals surface area contributed by atoms with Gasteiger partial charge in [0.2, 0.25) is 0 Å². The van der Waals surface area contributed by atoms with Gasteiger partial charge in [0.15, 0.2) is 0 Å². The number of unbranched alkanes of at least 4 members (excludes halogenated alkanes) is 6. The molecule has 0 fully saturated rings. The van der Waals surface area contributed by atoms with Crippen LogP contribution in [0.4, 0.5) is 13.2 Å². The van der Waals surface area contributed by atoms with Gasteiger partial charge in [-0.3, -0.25) is 0 Å². The van der Waals surface area contributed by atoms with Gasteiger partial charge >= 0.3 is 12.1 Å². The van der Waals surface area contributed by atoms with Crippen molar-refractivity contribution >= 4 is 5.97 Å². The molecule has 5 heteroatoms. The molecular formula is C14H23F3O2. The van der Waals surface area contributed by atoms with Crippen molar-refractivity contribution in [3.05, 3.63) is 12.7 Å². The fourth-order valence-electron chi connectivity index (χ4n) is 1.73. The van der Waals surface area contributed by atoms with Gasteiger partial charge < -0.3 is 4.74 Å². The highest BCUT2D eigenvalue weighted by Gasteiger charge is 2.41. The number of esters is 1. The molecule has 0 aromatic carbocycles. The molecule has 0 radical (unpaired) electrons. The Morgan fingerprint density at radius 3 is 2.16 bits per heavy atom. The van der Waals surface area contributed by atoms with E-state index in [1.807, 2.05) is 0 Å². The fourth-order valence-corrected chi connectivity index (χ4v) is 1.73. The van der Waals surface area contributed by atoms with Gasteiger partial charge in [-0.15, -0.1) is 0 Å². The number of ether oxygens (including phenoxy) is 1. The predicted octanol–water partition coefficient (Wildman–Crippen LogP) is 4.79. The zero-order chi connectivity index (χ0) is 14.7. The average Bonchev–Trinajstić information content (AvgIpc) is 2.34. The van der Waals surface area contributed by atoms with Crippen molar-refractivity contribution in [2.75, 3.05) is 0 Å². The largest absolute Gasteiger partial charge is 0.490 e. The summed E-state index contributed by atoms with van der Waals surface area (Å²) in [6.45, 7) is 5.53. The van der Waals surface area contributed by atoms with Gasteiger partial charge in [-0.25, -0.2) is 4.79 Å². The summed E-state index contributed by atoms with van der Waals surface area (Å²) in [5.74, 6) is -2.14. The molecule has 0 rings (SSSR count). The van der Waals surface area contributed by atoms with Crippen molar-refractivity contribution in [2.45, 2.75) is 70.6 Å². The van der Waals surface area contributed by atoms with Gasteiger partial charge in [0.1, 0.15) is 6.10 Å². The summed E-state index contributed by atoms with van der Waals surface area (Å²) >= 11 is 0. The zero-order valence-corrected chi connectivity index (χ0v) is 11.5. The Kier molecular flexibility index (Phi) is 9.35. The van der Waals surface area contributed by atoms with Crippen LogP contribution >= 0.6 is 0 Å². The van der Waals surface area contributed by atoms with Crippen LogP contribution < -0.4 is 0 Å². The zero-order valence-electron chi connectivity index (χ0n) is 11.5. The maximum absolute atomic E-state index is 12.0. The van der Waals surface area contributed by atoms with E-state index in [1.54, 1.807) is 0 Å². The van der Waals surface area contributed by atoms with Gasteiger partial charge in [-0.1, -0.05) is 58.1 Å². The highest BCUT2D eigenvalue weighted by molar-refractivity contribution is 5.75. The second-order valence-electron chi connectivity index (χ2n) is 4.59. The van der Waals surface area contributed by atoms with Crippen molar-refractivity contribution in [3.63, 3.8) is 0 Å². The second-order valence-corrected chi connectivity index (χ2v) is 4.59. The average molecular weight is 280 g/mol. The quantitative estimate of drug-likeness (QED) is 0.327. The van der Waals surface area contributed by atoms with Crippen molar-refractivity contribution in [2.24, 2.45) is 0 Å².